The number of para-hydroxylation sites is 1. The van der Waals surface area contributed by atoms with E-state index in [1.807, 2.05) is 24.3 Å². The molecular weight excluding hydrogens is 398 g/mol. The zero-order valence-electron chi connectivity index (χ0n) is 14.6. The summed E-state index contributed by atoms with van der Waals surface area (Å²) >= 11 is 0. The van der Waals surface area contributed by atoms with Crippen LogP contribution in [-0.2, 0) is 19.9 Å². The summed E-state index contributed by atoms with van der Waals surface area (Å²) in [5.74, 6) is 0. The topological polar surface area (TPSA) is 119 Å². The van der Waals surface area contributed by atoms with Gasteiger partial charge in [0.25, 0.3) is 0 Å². The molecule has 4 rings (SSSR count). The first kappa shape index (κ1) is 18.6. The summed E-state index contributed by atoms with van der Waals surface area (Å²) in [5, 5.41) is 7.52. The summed E-state index contributed by atoms with van der Waals surface area (Å²) < 4.78 is 49.2. The summed E-state index contributed by atoms with van der Waals surface area (Å²) in [4.78, 5) is 3.94. The number of benzene rings is 2. The summed E-state index contributed by atoms with van der Waals surface area (Å²) in [5.41, 5.74) is 3.31. The molecule has 1 aromatic heterocycles. The first-order valence-electron chi connectivity index (χ1n) is 8.42. The SMILES string of the molecule is NS(=O)(=O)c1ccc(S(=O)(=O)C2CNc3c(-c4ccncc4)cccc32)cc1. The highest BCUT2D eigenvalue weighted by Crippen LogP contribution is 2.43. The standard InChI is InChI=1S/C19H17N3O4S2/c20-28(25,26)15-6-4-14(5-7-15)27(23,24)18-12-22-19-16(2-1-3-17(18)19)13-8-10-21-11-9-13/h1-11,18,22H,12H2,(H2,20,25,26). The molecule has 1 atom stereocenters. The van der Waals surface area contributed by atoms with E-state index < -0.39 is 25.1 Å². The third kappa shape index (κ3) is 3.17. The van der Waals surface area contributed by atoms with Crippen LogP contribution in [0.2, 0.25) is 0 Å². The summed E-state index contributed by atoms with van der Waals surface area (Å²) in [6.45, 7) is 0.233. The molecule has 7 nitrogen and oxygen atoms in total. The maximum atomic E-state index is 13.2. The van der Waals surface area contributed by atoms with Crippen molar-refractivity contribution in [2.45, 2.75) is 15.0 Å². The maximum absolute atomic E-state index is 13.2. The number of fused-ring (bicyclic) bond motifs is 1. The van der Waals surface area contributed by atoms with E-state index in [-0.39, 0.29) is 16.3 Å². The van der Waals surface area contributed by atoms with E-state index in [0.29, 0.717) is 5.56 Å². The van der Waals surface area contributed by atoms with Crippen molar-refractivity contribution in [3.8, 4) is 11.1 Å². The fourth-order valence-corrected chi connectivity index (χ4v) is 5.57. The van der Waals surface area contributed by atoms with Gasteiger partial charge in [-0.05, 0) is 47.5 Å². The molecule has 0 aliphatic carbocycles. The number of sulfonamides is 1. The number of anilines is 1. The number of primary sulfonamides is 1. The summed E-state index contributed by atoms with van der Waals surface area (Å²) in [6.07, 6.45) is 3.37. The molecule has 144 valence electrons. The lowest BCUT2D eigenvalue weighted by Gasteiger charge is -2.13. The Morgan fingerprint density at radius 3 is 2.18 bits per heavy atom. The number of hydrogen-bond acceptors (Lipinski definition) is 6. The van der Waals surface area contributed by atoms with Crippen LogP contribution in [0.1, 0.15) is 10.8 Å². The Morgan fingerprint density at radius 2 is 1.54 bits per heavy atom. The molecule has 0 fully saturated rings. The average molecular weight is 415 g/mol. The third-order valence-corrected chi connectivity index (χ3v) is 7.78. The van der Waals surface area contributed by atoms with Crippen LogP contribution in [-0.4, -0.2) is 28.4 Å². The second kappa shape index (κ2) is 6.69. The zero-order valence-corrected chi connectivity index (χ0v) is 16.2. The minimum absolute atomic E-state index is 0.0499. The van der Waals surface area contributed by atoms with Gasteiger partial charge in [-0.25, -0.2) is 22.0 Å². The molecule has 2 heterocycles. The average Bonchev–Trinajstić information content (AvgIpc) is 3.13. The van der Waals surface area contributed by atoms with Crippen LogP contribution >= 0.6 is 0 Å². The smallest absolute Gasteiger partial charge is 0.238 e. The van der Waals surface area contributed by atoms with Gasteiger partial charge < -0.3 is 5.32 Å². The van der Waals surface area contributed by atoms with E-state index in [1.165, 1.54) is 24.3 Å². The lowest BCUT2D eigenvalue weighted by Crippen LogP contribution is -2.16. The van der Waals surface area contributed by atoms with Gasteiger partial charge in [0.2, 0.25) is 10.0 Å². The predicted octanol–water partition coefficient (Wildman–Crippen LogP) is 2.34. The van der Waals surface area contributed by atoms with E-state index in [1.54, 1.807) is 18.5 Å². The van der Waals surface area contributed by atoms with Crippen LogP contribution < -0.4 is 10.5 Å². The van der Waals surface area contributed by atoms with Crippen molar-refractivity contribution >= 4 is 25.5 Å². The molecule has 0 bridgehead atoms. The highest BCUT2D eigenvalue weighted by molar-refractivity contribution is 7.91. The number of pyridine rings is 1. The number of aromatic nitrogens is 1. The van der Waals surface area contributed by atoms with Crippen LogP contribution in [0.5, 0.6) is 0 Å². The van der Waals surface area contributed by atoms with Gasteiger partial charge in [-0.2, -0.15) is 0 Å². The fourth-order valence-electron chi connectivity index (χ4n) is 3.37. The van der Waals surface area contributed by atoms with Crippen LogP contribution in [0.15, 0.2) is 76.8 Å². The third-order valence-electron chi connectivity index (χ3n) is 4.75. The van der Waals surface area contributed by atoms with Gasteiger partial charge in [0.1, 0.15) is 5.25 Å². The molecule has 3 aromatic rings. The van der Waals surface area contributed by atoms with Crippen molar-refractivity contribution in [2.75, 3.05) is 11.9 Å². The highest BCUT2D eigenvalue weighted by Gasteiger charge is 2.36. The quantitative estimate of drug-likeness (QED) is 0.675. The molecule has 1 aliphatic heterocycles. The van der Waals surface area contributed by atoms with E-state index in [4.69, 9.17) is 5.14 Å². The number of sulfone groups is 1. The van der Waals surface area contributed by atoms with Gasteiger partial charge in [-0.1, -0.05) is 18.2 Å². The Morgan fingerprint density at radius 1 is 0.893 bits per heavy atom. The molecule has 3 N–H and O–H groups in total. The van der Waals surface area contributed by atoms with Crippen molar-refractivity contribution in [2.24, 2.45) is 5.14 Å². The maximum Gasteiger partial charge on any atom is 0.238 e. The molecule has 1 unspecified atom stereocenters. The van der Waals surface area contributed by atoms with Crippen LogP contribution in [0.3, 0.4) is 0 Å². The Bertz CT molecular complexity index is 1240. The lowest BCUT2D eigenvalue weighted by atomic mass is 10.0. The molecular formula is C19H17N3O4S2. The van der Waals surface area contributed by atoms with Gasteiger partial charge in [-0.3, -0.25) is 4.98 Å². The molecule has 2 aromatic carbocycles. The Hall–Kier alpha value is -2.75. The van der Waals surface area contributed by atoms with E-state index in [0.717, 1.165) is 16.8 Å². The molecule has 1 aliphatic rings. The molecule has 0 amide bonds. The Kier molecular flexibility index (Phi) is 4.45. The molecule has 0 saturated heterocycles. The first-order chi connectivity index (χ1) is 13.3. The summed E-state index contributed by atoms with van der Waals surface area (Å²) in [6, 6.07) is 14.2. The van der Waals surface area contributed by atoms with E-state index in [9.17, 15) is 16.8 Å². The summed E-state index contributed by atoms with van der Waals surface area (Å²) in [7, 11) is -7.61. The number of rotatable bonds is 4. The Balaban J connectivity index is 1.75. The van der Waals surface area contributed by atoms with Crippen molar-refractivity contribution in [1.29, 1.82) is 0 Å². The van der Waals surface area contributed by atoms with Crippen molar-refractivity contribution in [1.82, 2.24) is 4.98 Å². The second-order valence-electron chi connectivity index (χ2n) is 6.44. The van der Waals surface area contributed by atoms with Crippen molar-refractivity contribution < 1.29 is 16.8 Å². The van der Waals surface area contributed by atoms with Gasteiger partial charge in [-0.15, -0.1) is 0 Å². The first-order valence-corrected chi connectivity index (χ1v) is 11.5. The van der Waals surface area contributed by atoms with Gasteiger partial charge in [0.05, 0.1) is 9.79 Å². The minimum Gasteiger partial charge on any atom is -0.383 e. The number of nitrogens with one attached hydrogen (secondary N) is 1. The normalized spacial score (nSPS) is 16.4. The molecule has 0 radical (unpaired) electrons. The predicted molar refractivity (Wildman–Crippen MR) is 106 cm³/mol. The molecule has 0 saturated carbocycles. The molecule has 28 heavy (non-hydrogen) atoms. The van der Waals surface area contributed by atoms with E-state index >= 15 is 0 Å². The number of hydrogen-bond donors (Lipinski definition) is 2. The fraction of sp³-hybridized carbons (Fsp3) is 0.105. The number of nitrogens with zero attached hydrogens (tertiary/aromatic N) is 1. The monoisotopic (exact) mass is 415 g/mol. The van der Waals surface area contributed by atoms with Gasteiger partial charge in [0, 0.05) is 30.2 Å². The second-order valence-corrected chi connectivity index (χ2v) is 10.1. The number of nitrogens with two attached hydrogens (primary N) is 1. The largest absolute Gasteiger partial charge is 0.383 e. The molecule has 0 spiro atoms. The van der Waals surface area contributed by atoms with Gasteiger partial charge >= 0.3 is 0 Å². The zero-order chi connectivity index (χ0) is 19.9. The van der Waals surface area contributed by atoms with E-state index in [2.05, 4.69) is 10.3 Å². The minimum atomic E-state index is -3.88. The van der Waals surface area contributed by atoms with Crippen LogP contribution in [0, 0.1) is 0 Å². The Labute approximate surface area is 163 Å². The molecule has 9 heteroatoms. The highest BCUT2D eigenvalue weighted by atomic mass is 32.2. The van der Waals surface area contributed by atoms with Crippen molar-refractivity contribution in [3.63, 3.8) is 0 Å². The van der Waals surface area contributed by atoms with Crippen LogP contribution in [0.4, 0.5) is 5.69 Å². The van der Waals surface area contributed by atoms with Crippen LogP contribution in [0.25, 0.3) is 11.1 Å². The van der Waals surface area contributed by atoms with Gasteiger partial charge in [0.15, 0.2) is 9.84 Å². The van der Waals surface area contributed by atoms with Crippen molar-refractivity contribution in [3.05, 3.63) is 72.6 Å². The lowest BCUT2D eigenvalue weighted by molar-refractivity contribution is 0.585.